The van der Waals surface area contributed by atoms with Crippen LogP contribution in [0.3, 0.4) is 0 Å². The molecule has 2 unspecified atom stereocenters. The van der Waals surface area contributed by atoms with Gasteiger partial charge in [-0.15, -0.1) is 0 Å². The first-order valence-electron chi connectivity index (χ1n) is 6.40. The predicted molar refractivity (Wildman–Crippen MR) is 66.7 cm³/mol. The predicted octanol–water partition coefficient (Wildman–Crippen LogP) is 2.93. The molecule has 0 aromatic heterocycles. The van der Waals surface area contributed by atoms with Crippen LogP contribution >= 0.6 is 0 Å². The smallest absolute Gasteiger partial charge is 0.162 e. The maximum absolute atomic E-state index is 13.9. The molecule has 3 heteroatoms. The van der Waals surface area contributed by atoms with Crippen LogP contribution in [0, 0.1) is 17.6 Å². The SMILES string of the molecule is OC12c3ccccc3CC1Cc1c2ccc(F)c1F. The molecule has 0 fully saturated rings. The van der Waals surface area contributed by atoms with E-state index < -0.39 is 17.2 Å². The lowest BCUT2D eigenvalue weighted by molar-refractivity contribution is 0.0442. The molecule has 96 valence electrons. The van der Waals surface area contributed by atoms with E-state index in [2.05, 4.69) is 0 Å². The van der Waals surface area contributed by atoms with E-state index in [9.17, 15) is 13.9 Å². The van der Waals surface area contributed by atoms with Crippen molar-refractivity contribution in [2.75, 3.05) is 0 Å². The molecule has 0 aliphatic heterocycles. The van der Waals surface area contributed by atoms with Crippen molar-refractivity contribution in [1.82, 2.24) is 0 Å². The van der Waals surface area contributed by atoms with Gasteiger partial charge in [-0.25, -0.2) is 8.78 Å². The Morgan fingerprint density at radius 2 is 1.79 bits per heavy atom. The zero-order valence-corrected chi connectivity index (χ0v) is 10.2. The van der Waals surface area contributed by atoms with Crippen molar-refractivity contribution in [1.29, 1.82) is 0 Å². The second-order valence-corrected chi connectivity index (χ2v) is 5.42. The highest BCUT2D eigenvalue weighted by Gasteiger charge is 2.52. The van der Waals surface area contributed by atoms with Gasteiger partial charge in [0.1, 0.15) is 5.60 Å². The van der Waals surface area contributed by atoms with Gasteiger partial charge in [-0.05, 0) is 41.2 Å². The van der Waals surface area contributed by atoms with Gasteiger partial charge in [0, 0.05) is 5.92 Å². The first-order chi connectivity index (χ1) is 9.12. The van der Waals surface area contributed by atoms with Crippen molar-refractivity contribution in [3.05, 3.63) is 70.3 Å². The number of halogens is 2. The number of rotatable bonds is 0. The Hall–Kier alpha value is -1.74. The summed E-state index contributed by atoms with van der Waals surface area (Å²) in [6, 6.07) is 10.3. The Kier molecular flexibility index (Phi) is 2.00. The van der Waals surface area contributed by atoms with E-state index in [4.69, 9.17) is 0 Å². The maximum Gasteiger partial charge on any atom is 0.162 e. The Balaban J connectivity index is 2.00. The van der Waals surface area contributed by atoms with Gasteiger partial charge >= 0.3 is 0 Å². The first kappa shape index (κ1) is 11.1. The molecule has 0 spiro atoms. The molecule has 2 aliphatic rings. The molecule has 0 bridgehead atoms. The number of hydrogen-bond donors (Lipinski definition) is 1. The molecule has 4 rings (SSSR count). The zero-order chi connectivity index (χ0) is 13.2. The highest BCUT2D eigenvalue weighted by Crippen LogP contribution is 2.53. The standard InChI is InChI=1S/C16H12F2O/c17-14-6-5-13-11(15(14)18)8-10-7-9-3-1-2-4-12(9)16(10,13)19/h1-6,10,19H,7-8H2. The van der Waals surface area contributed by atoms with E-state index in [1.807, 2.05) is 24.3 Å². The van der Waals surface area contributed by atoms with Gasteiger partial charge in [0.25, 0.3) is 0 Å². The molecule has 2 aromatic rings. The third-order valence-corrected chi connectivity index (χ3v) is 4.54. The molecule has 1 N–H and O–H groups in total. The van der Waals surface area contributed by atoms with E-state index in [-0.39, 0.29) is 5.92 Å². The lowest BCUT2D eigenvalue weighted by Gasteiger charge is -2.25. The van der Waals surface area contributed by atoms with E-state index in [1.54, 1.807) is 0 Å². The van der Waals surface area contributed by atoms with Gasteiger partial charge in [0.15, 0.2) is 11.6 Å². The fourth-order valence-electron chi connectivity index (χ4n) is 3.68. The van der Waals surface area contributed by atoms with E-state index >= 15 is 0 Å². The molecular weight excluding hydrogens is 246 g/mol. The van der Waals surface area contributed by atoms with Crippen LogP contribution in [-0.4, -0.2) is 5.11 Å². The summed E-state index contributed by atoms with van der Waals surface area (Å²) in [5.74, 6) is -1.73. The first-order valence-corrected chi connectivity index (χ1v) is 6.40. The van der Waals surface area contributed by atoms with Crippen LogP contribution < -0.4 is 0 Å². The van der Waals surface area contributed by atoms with Crippen molar-refractivity contribution in [3.63, 3.8) is 0 Å². The van der Waals surface area contributed by atoms with E-state index in [0.717, 1.165) is 17.2 Å². The van der Waals surface area contributed by atoms with Gasteiger partial charge in [-0.1, -0.05) is 30.3 Å². The molecule has 0 saturated carbocycles. The summed E-state index contributed by atoms with van der Waals surface area (Å²) in [6.45, 7) is 0. The molecule has 1 nitrogen and oxygen atoms in total. The van der Waals surface area contributed by atoms with Gasteiger partial charge in [0.05, 0.1) is 0 Å². The maximum atomic E-state index is 13.9. The normalized spacial score (nSPS) is 27.0. The Labute approximate surface area is 109 Å². The number of fused-ring (bicyclic) bond motifs is 5. The Bertz CT molecular complexity index is 695. The summed E-state index contributed by atoms with van der Waals surface area (Å²) in [5, 5.41) is 11.1. The fraction of sp³-hybridized carbons (Fsp3) is 0.250. The molecule has 2 atom stereocenters. The summed E-state index contributed by atoms with van der Waals surface area (Å²) < 4.78 is 27.2. The van der Waals surface area contributed by atoms with E-state index in [0.29, 0.717) is 24.0 Å². The molecular formula is C16H12F2O. The van der Waals surface area contributed by atoms with Crippen LogP contribution in [0.1, 0.15) is 22.3 Å². The lowest BCUT2D eigenvalue weighted by Crippen LogP contribution is -2.28. The number of hydrogen-bond acceptors (Lipinski definition) is 1. The number of aliphatic hydroxyl groups is 1. The average Bonchev–Trinajstić information content (AvgIpc) is 2.84. The summed E-state index contributed by atoms with van der Waals surface area (Å²) in [4.78, 5) is 0. The molecule has 0 saturated heterocycles. The van der Waals surface area contributed by atoms with Crippen molar-refractivity contribution in [2.45, 2.75) is 18.4 Å². The van der Waals surface area contributed by atoms with E-state index in [1.165, 1.54) is 6.07 Å². The minimum atomic E-state index is -1.15. The second kappa shape index (κ2) is 3.42. The van der Waals surface area contributed by atoms with Crippen molar-refractivity contribution < 1.29 is 13.9 Å². The molecule has 0 heterocycles. The van der Waals surface area contributed by atoms with Crippen LogP contribution in [0.15, 0.2) is 36.4 Å². The van der Waals surface area contributed by atoms with Gasteiger partial charge in [-0.3, -0.25) is 0 Å². The van der Waals surface area contributed by atoms with Crippen LogP contribution in [-0.2, 0) is 18.4 Å². The van der Waals surface area contributed by atoms with Crippen LogP contribution in [0.25, 0.3) is 0 Å². The third-order valence-electron chi connectivity index (χ3n) is 4.54. The molecule has 0 radical (unpaired) electrons. The second-order valence-electron chi connectivity index (χ2n) is 5.42. The van der Waals surface area contributed by atoms with Gasteiger partial charge < -0.3 is 5.11 Å². The Morgan fingerprint density at radius 3 is 2.63 bits per heavy atom. The highest BCUT2D eigenvalue weighted by atomic mass is 19.2. The quantitative estimate of drug-likeness (QED) is 0.770. The van der Waals surface area contributed by atoms with Gasteiger partial charge in [0.2, 0.25) is 0 Å². The summed E-state index contributed by atoms with van der Waals surface area (Å²) in [5.41, 5.74) is 1.65. The largest absolute Gasteiger partial charge is 0.380 e. The molecule has 0 amide bonds. The minimum Gasteiger partial charge on any atom is -0.380 e. The van der Waals surface area contributed by atoms with Crippen LogP contribution in [0.5, 0.6) is 0 Å². The zero-order valence-electron chi connectivity index (χ0n) is 10.2. The molecule has 2 aromatic carbocycles. The molecule has 2 aliphatic carbocycles. The fourth-order valence-corrected chi connectivity index (χ4v) is 3.68. The minimum absolute atomic E-state index is 0.0869. The lowest BCUT2D eigenvalue weighted by atomic mass is 9.86. The number of benzene rings is 2. The highest BCUT2D eigenvalue weighted by molar-refractivity contribution is 5.53. The van der Waals surface area contributed by atoms with Crippen molar-refractivity contribution in [2.24, 2.45) is 5.92 Å². The molecule has 19 heavy (non-hydrogen) atoms. The summed E-state index contributed by atoms with van der Waals surface area (Å²) in [7, 11) is 0. The monoisotopic (exact) mass is 258 g/mol. The average molecular weight is 258 g/mol. The summed E-state index contributed by atoms with van der Waals surface area (Å²) in [6.07, 6.45) is 1.10. The summed E-state index contributed by atoms with van der Waals surface area (Å²) >= 11 is 0. The van der Waals surface area contributed by atoms with Crippen molar-refractivity contribution in [3.8, 4) is 0 Å². The van der Waals surface area contributed by atoms with Crippen LogP contribution in [0.4, 0.5) is 8.78 Å². The topological polar surface area (TPSA) is 20.2 Å². The van der Waals surface area contributed by atoms with Crippen molar-refractivity contribution >= 4 is 0 Å². The third kappa shape index (κ3) is 1.21. The van der Waals surface area contributed by atoms with Crippen LogP contribution in [0.2, 0.25) is 0 Å². The van der Waals surface area contributed by atoms with Gasteiger partial charge in [-0.2, -0.15) is 0 Å². The Morgan fingerprint density at radius 1 is 1.00 bits per heavy atom.